The number of aromatic nitrogens is 2. The molecule has 1 heterocycles. The van der Waals surface area contributed by atoms with Gasteiger partial charge in [-0.2, -0.15) is 0 Å². The number of H-pyrrole nitrogens is 2. The van der Waals surface area contributed by atoms with Crippen molar-refractivity contribution in [1.82, 2.24) is 9.97 Å². The highest BCUT2D eigenvalue weighted by Gasteiger charge is 2.14. The largest absolute Gasteiger partial charge is 0.477 e. The third-order valence-corrected chi connectivity index (χ3v) is 3.27. The molecule has 0 atom stereocenters. The van der Waals surface area contributed by atoms with Crippen molar-refractivity contribution < 1.29 is 9.90 Å². The van der Waals surface area contributed by atoms with Crippen molar-refractivity contribution in [3.8, 4) is 11.3 Å². The lowest BCUT2D eigenvalue weighted by Crippen LogP contribution is -1.99. The van der Waals surface area contributed by atoms with Gasteiger partial charge in [0.1, 0.15) is 0 Å². The molecule has 4 nitrogen and oxygen atoms in total. The molecule has 1 aromatic carbocycles. The molecule has 0 aliphatic heterocycles. The van der Waals surface area contributed by atoms with Gasteiger partial charge < -0.3 is 15.1 Å². The Kier molecular flexibility index (Phi) is 3.35. The molecule has 0 saturated heterocycles. The van der Waals surface area contributed by atoms with Gasteiger partial charge in [-0.25, -0.2) is 4.79 Å². The minimum atomic E-state index is -1.03. The quantitative estimate of drug-likeness (QED) is 0.589. The molecule has 0 bridgehead atoms. The predicted octanol–water partition coefficient (Wildman–Crippen LogP) is 3.16. The van der Waals surface area contributed by atoms with Gasteiger partial charge >= 0.3 is 5.97 Å². The van der Waals surface area contributed by atoms with Crippen LogP contribution in [0.2, 0.25) is 0 Å². The highest BCUT2D eigenvalue weighted by atomic mass is 32.2. The van der Waals surface area contributed by atoms with Crippen molar-refractivity contribution in [2.24, 2.45) is 0 Å². The van der Waals surface area contributed by atoms with Crippen LogP contribution in [0, 0.1) is 4.77 Å². The van der Waals surface area contributed by atoms with Crippen molar-refractivity contribution in [3.63, 3.8) is 0 Å². The third kappa shape index (κ3) is 2.42. The van der Waals surface area contributed by atoms with E-state index >= 15 is 0 Å². The summed E-state index contributed by atoms with van der Waals surface area (Å²) in [4.78, 5) is 17.6. The van der Waals surface area contributed by atoms with Crippen LogP contribution in [0.1, 0.15) is 10.5 Å². The van der Waals surface area contributed by atoms with E-state index in [1.54, 1.807) is 11.8 Å². The number of rotatable bonds is 3. The van der Waals surface area contributed by atoms with Crippen molar-refractivity contribution >= 4 is 29.9 Å². The maximum atomic E-state index is 11.0. The molecule has 0 unspecified atom stereocenters. The monoisotopic (exact) mass is 266 g/mol. The van der Waals surface area contributed by atoms with Crippen LogP contribution in [0.5, 0.6) is 0 Å². The van der Waals surface area contributed by atoms with E-state index in [1.165, 1.54) is 0 Å². The van der Waals surface area contributed by atoms with Gasteiger partial charge in [0.2, 0.25) is 0 Å². The van der Waals surface area contributed by atoms with Crippen molar-refractivity contribution in [2.45, 2.75) is 4.90 Å². The Morgan fingerprint density at radius 1 is 1.29 bits per heavy atom. The molecule has 17 heavy (non-hydrogen) atoms. The number of carboxylic acids is 1. The fourth-order valence-corrected chi connectivity index (χ4v) is 2.13. The van der Waals surface area contributed by atoms with Crippen LogP contribution in [0.3, 0.4) is 0 Å². The van der Waals surface area contributed by atoms with Gasteiger partial charge in [-0.05, 0) is 30.6 Å². The molecule has 0 spiro atoms. The topological polar surface area (TPSA) is 68.9 Å². The summed E-state index contributed by atoms with van der Waals surface area (Å²) in [7, 11) is 0. The van der Waals surface area contributed by atoms with E-state index in [0.717, 1.165) is 10.5 Å². The number of carboxylic acid groups (broad SMARTS) is 1. The first-order valence-corrected chi connectivity index (χ1v) is 6.45. The predicted molar refractivity (Wildman–Crippen MR) is 70.2 cm³/mol. The standard InChI is InChI=1S/C11H10N2O2S2/c1-17-7-4-2-6(3-5-7)8-9(10(14)15)13-11(16)12-8/h2-5H,1H3,(H,14,15)(H2,12,13,16). The molecule has 88 valence electrons. The molecule has 6 heteroatoms. The number of imidazole rings is 1. The summed E-state index contributed by atoms with van der Waals surface area (Å²) in [6.45, 7) is 0. The second-order valence-electron chi connectivity index (χ2n) is 3.36. The zero-order valence-corrected chi connectivity index (χ0v) is 10.6. The lowest BCUT2D eigenvalue weighted by atomic mass is 10.1. The molecule has 0 aliphatic carbocycles. The van der Waals surface area contributed by atoms with E-state index in [0.29, 0.717) is 10.5 Å². The van der Waals surface area contributed by atoms with Crippen LogP contribution in [0.25, 0.3) is 11.3 Å². The molecule has 0 fully saturated rings. The van der Waals surface area contributed by atoms with Crippen LogP contribution in [0.15, 0.2) is 29.2 Å². The minimum Gasteiger partial charge on any atom is -0.477 e. The minimum absolute atomic E-state index is 0.0897. The summed E-state index contributed by atoms with van der Waals surface area (Å²) < 4.78 is 0.311. The van der Waals surface area contributed by atoms with E-state index in [1.807, 2.05) is 30.5 Å². The Morgan fingerprint density at radius 2 is 1.94 bits per heavy atom. The van der Waals surface area contributed by atoms with E-state index in [2.05, 4.69) is 9.97 Å². The van der Waals surface area contributed by atoms with Crippen LogP contribution in [-0.2, 0) is 0 Å². The highest BCUT2D eigenvalue weighted by Crippen LogP contribution is 2.24. The second-order valence-corrected chi connectivity index (χ2v) is 4.65. The van der Waals surface area contributed by atoms with Crippen molar-refractivity contribution in [1.29, 1.82) is 0 Å². The van der Waals surface area contributed by atoms with Gasteiger partial charge in [-0.3, -0.25) is 0 Å². The fraction of sp³-hybridized carbons (Fsp3) is 0.0909. The normalized spacial score (nSPS) is 10.4. The molecule has 1 aromatic heterocycles. The molecule has 0 radical (unpaired) electrons. The highest BCUT2D eigenvalue weighted by molar-refractivity contribution is 7.98. The molecule has 2 aromatic rings. The molecular formula is C11H10N2O2S2. The lowest BCUT2D eigenvalue weighted by molar-refractivity contribution is 0.0692. The molecule has 0 amide bonds. The number of nitrogens with one attached hydrogen (secondary N) is 2. The smallest absolute Gasteiger partial charge is 0.354 e. The Hall–Kier alpha value is -1.53. The Bertz CT molecular complexity index is 599. The van der Waals surface area contributed by atoms with Gasteiger partial charge in [-0.15, -0.1) is 11.8 Å². The van der Waals surface area contributed by atoms with Crippen LogP contribution in [-0.4, -0.2) is 27.3 Å². The van der Waals surface area contributed by atoms with Gasteiger partial charge in [0.05, 0.1) is 5.69 Å². The van der Waals surface area contributed by atoms with Gasteiger partial charge in [0, 0.05) is 10.5 Å². The summed E-state index contributed by atoms with van der Waals surface area (Å²) in [6, 6.07) is 7.62. The Labute approximate surface area is 107 Å². The maximum Gasteiger partial charge on any atom is 0.354 e. The third-order valence-electron chi connectivity index (χ3n) is 2.32. The summed E-state index contributed by atoms with van der Waals surface area (Å²) in [5.74, 6) is -1.03. The summed E-state index contributed by atoms with van der Waals surface area (Å²) in [5, 5.41) is 9.04. The number of carbonyl (C=O) groups is 1. The van der Waals surface area contributed by atoms with Gasteiger partial charge in [0.25, 0.3) is 0 Å². The first-order chi connectivity index (χ1) is 8.11. The van der Waals surface area contributed by atoms with E-state index in [9.17, 15) is 4.79 Å². The number of hydrogen-bond donors (Lipinski definition) is 3. The van der Waals surface area contributed by atoms with Gasteiger partial charge in [-0.1, -0.05) is 12.1 Å². The van der Waals surface area contributed by atoms with E-state index in [-0.39, 0.29) is 5.69 Å². The lowest BCUT2D eigenvalue weighted by Gasteiger charge is -2.01. The fourth-order valence-electron chi connectivity index (χ4n) is 1.52. The van der Waals surface area contributed by atoms with Crippen LogP contribution >= 0.6 is 24.0 Å². The molecule has 3 N–H and O–H groups in total. The van der Waals surface area contributed by atoms with E-state index in [4.69, 9.17) is 17.3 Å². The maximum absolute atomic E-state index is 11.0. The first-order valence-electron chi connectivity index (χ1n) is 4.82. The van der Waals surface area contributed by atoms with Crippen LogP contribution < -0.4 is 0 Å². The summed E-state index contributed by atoms with van der Waals surface area (Å²) in [6.07, 6.45) is 1.99. The Morgan fingerprint density at radius 3 is 2.47 bits per heavy atom. The van der Waals surface area contributed by atoms with Gasteiger partial charge in [0.15, 0.2) is 10.5 Å². The summed E-state index contributed by atoms with van der Waals surface area (Å²) >= 11 is 6.54. The number of thioether (sulfide) groups is 1. The number of hydrogen-bond acceptors (Lipinski definition) is 3. The average Bonchev–Trinajstić information content (AvgIpc) is 2.72. The zero-order chi connectivity index (χ0) is 12.4. The summed E-state index contributed by atoms with van der Waals surface area (Å²) in [5.41, 5.74) is 1.40. The zero-order valence-electron chi connectivity index (χ0n) is 8.98. The number of aromatic amines is 2. The van der Waals surface area contributed by atoms with Crippen LogP contribution in [0.4, 0.5) is 0 Å². The van der Waals surface area contributed by atoms with Crippen molar-refractivity contribution in [3.05, 3.63) is 34.7 Å². The number of benzene rings is 1. The SMILES string of the molecule is CSc1ccc(-c2[nH]c(=S)[nH]c2C(=O)O)cc1. The second kappa shape index (κ2) is 4.77. The molecular weight excluding hydrogens is 256 g/mol. The Balaban J connectivity index is 2.51. The molecule has 0 saturated carbocycles. The molecule has 2 rings (SSSR count). The first kappa shape index (κ1) is 11.9. The molecule has 0 aliphatic rings. The average molecular weight is 266 g/mol. The van der Waals surface area contributed by atoms with E-state index < -0.39 is 5.97 Å². The number of aromatic carboxylic acids is 1. The van der Waals surface area contributed by atoms with Crippen molar-refractivity contribution in [2.75, 3.05) is 6.26 Å².